The summed E-state index contributed by atoms with van der Waals surface area (Å²) in [7, 11) is 0. The molecule has 4 aromatic rings. The second kappa shape index (κ2) is 9.09. The predicted molar refractivity (Wildman–Crippen MR) is 124 cm³/mol. The molecule has 3 N–H and O–H groups in total. The molecule has 9 heteroatoms. The normalized spacial score (nSPS) is 14.4. The van der Waals surface area contributed by atoms with Gasteiger partial charge in [-0.05, 0) is 49.6 Å². The zero-order valence-electron chi connectivity index (χ0n) is 18.6. The average molecular weight is 464 g/mol. The minimum absolute atomic E-state index is 0.0497. The number of aromatic amines is 2. The van der Waals surface area contributed by atoms with E-state index in [-0.39, 0.29) is 17.6 Å². The Kier molecular flexibility index (Phi) is 5.83. The summed E-state index contributed by atoms with van der Waals surface area (Å²) < 4.78 is 32.2. The molecular weight excluding hydrogens is 440 g/mol. The Bertz CT molecular complexity index is 1350. The van der Waals surface area contributed by atoms with Crippen LogP contribution in [-0.4, -0.2) is 29.0 Å². The summed E-state index contributed by atoms with van der Waals surface area (Å²) in [5, 5.41) is 4.03. The lowest BCUT2D eigenvalue weighted by molar-refractivity contribution is -0.367. The largest absolute Gasteiger partial charge is 0.457 e. The van der Waals surface area contributed by atoms with Crippen LogP contribution < -0.4 is 19.9 Å². The fourth-order valence-corrected chi connectivity index (χ4v) is 4.31. The first kappa shape index (κ1) is 21.8. The molecule has 1 aliphatic heterocycles. The molecule has 0 aliphatic carbocycles. The smallest absolute Gasteiger partial charge is 0.234 e. The van der Waals surface area contributed by atoms with Gasteiger partial charge in [0.15, 0.2) is 11.6 Å². The number of hydrogen-bond donors (Lipinski definition) is 2. The van der Waals surface area contributed by atoms with E-state index in [4.69, 9.17) is 4.74 Å². The monoisotopic (exact) mass is 464 g/mol. The summed E-state index contributed by atoms with van der Waals surface area (Å²) in [5.41, 5.74) is 2.55. The fourth-order valence-electron chi connectivity index (χ4n) is 4.31. The van der Waals surface area contributed by atoms with Crippen LogP contribution in [0, 0.1) is 24.5 Å². The van der Waals surface area contributed by atoms with Crippen LogP contribution in [0.2, 0.25) is 0 Å². The first-order valence-electron chi connectivity index (χ1n) is 11.1. The molecule has 1 aliphatic rings. The van der Waals surface area contributed by atoms with Crippen LogP contribution in [0.3, 0.4) is 0 Å². The van der Waals surface area contributed by atoms with Gasteiger partial charge in [0.25, 0.3) is 0 Å². The van der Waals surface area contributed by atoms with Gasteiger partial charge in [-0.1, -0.05) is 11.1 Å². The summed E-state index contributed by atoms with van der Waals surface area (Å²) in [4.78, 5) is 25.9. The number of aryl methyl sites for hydroxylation is 1. The number of halogens is 2. The van der Waals surface area contributed by atoms with Gasteiger partial charge >= 0.3 is 0 Å². The van der Waals surface area contributed by atoms with Crippen molar-refractivity contribution < 1.29 is 23.3 Å². The fraction of sp³-hybridized carbons (Fsp3) is 0.240. The molecule has 0 spiro atoms. The molecule has 5 rings (SSSR count). The number of nitrogens with one attached hydrogen (secondary N) is 3. The van der Waals surface area contributed by atoms with Crippen LogP contribution in [0.25, 0.3) is 11.0 Å². The van der Waals surface area contributed by atoms with Crippen LogP contribution in [0.1, 0.15) is 18.4 Å². The molecule has 34 heavy (non-hydrogen) atoms. The third-order valence-corrected chi connectivity index (χ3v) is 6.10. The number of amides is 1. The van der Waals surface area contributed by atoms with Gasteiger partial charge in [0.2, 0.25) is 23.7 Å². The molecule has 2 aromatic heterocycles. The number of hydrogen-bond acceptors (Lipinski definition) is 4. The van der Waals surface area contributed by atoms with Crippen molar-refractivity contribution in [2.75, 3.05) is 23.3 Å². The Labute approximate surface area is 194 Å². The maximum absolute atomic E-state index is 13.4. The molecule has 0 radical (unpaired) electrons. The standard InChI is InChI=1S/C25H23F2N5O2/c1-15-13-28-23-22(15)24(30-14-29-23)32-9-7-16(8-10-32)25(33)31-17-3-2-4-18(11-17)34-19-5-6-20(26)21(27)12-19/h2-6,11-14,16H,7-10H2,1H3,(H,31,33)(H,28,29,30)/p+1. The summed E-state index contributed by atoms with van der Waals surface area (Å²) in [6, 6.07) is 10.2. The molecule has 2 aromatic carbocycles. The van der Waals surface area contributed by atoms with Crippen LogP contribution in [0.4, 0.5) is 20.3 Å². The van der Waals surface area contributed by atoms with Crippen LogP contribution in [0.15, 0.2) is 55.0 Å². The molecule has 0 saturated carbocycles. The minimum atomic E-state index is -0.981. The number of ether oxygens (including phenoxy) is 1. The molecule has 3 heterocycles. The Morgan fingerprint density at radius 1 is 1.15 bits per heavy atom. The van der Waals surface area contributed by atoms with E-state index in [2.05, 4.69) is 25.2 Å². The number of carbonyl (C=O) groups excluding carboxylic acids is 1. The molecule has 1 amide bonds. The Balaban J connectivity index is 1.21. The van der Waals surface area contributed by atoms with E-state index in [1.165, 1.54) is 6.07 Å². The van der Waals surface area contributed by atoms with Gasteiger partial charge in [0.05, 0.1) is 13.1 Å². The number of aromatic nitrogens is 3. The summed E-state index contributed by atoms with van der Waals surface area (Å²) in [6.45, 7) is 3.54. The van der Waals surface area contributed by atoms with Crippen molar-refractivity contribution in [1.82, 2.24) is 9.97 Å². The predicted octanol–water partition coefficient (Wildman–Crippen LogP) is 4.61. The summed E-state index contributed by atoms with van der Waals surface area (Å²) in [6.07, 6.45) is 5.07. The highest BCUT2D eigenvalue weighted by atomic mass is 19.2. The lowest BCUT2D eigenvalue weighted by Gasteiger charge is -2.28. The van der Waals surface area contributed by atoms with Gasteiger partial charge in [-0.25, -0.2) is 13.8 Å². The lowest BCUT2D eigenvalue weighted by Crippen LogP contribution is -2.40. The van der Waals surface area contributed by atoms with Crippen molar-refractivity contribution in [3.05, 3.63) is 72.2 Å². The van der Waals surface area contributed by atoms with Gasteiger partial charge in [-0.15, -0.1) is 0 Å². The Morgan fingerprint density at radius 2 is 1.94 bits per heavy atom. The van der Waals surface area contributed by atoms with Crippen molar-refractivity contribution in [3.8, 4) is 11.5 Å². The van der Waals surface area contributed by atoms with Crippen LogP contribution in [0.5, 0.6) is 11.5 Å². The van der Waals surface area contributed by atoms with E-state index in [0.717, 1.165) is 60.5 Å². The zero-order valence-corrected chi connectivity index (χ0v) is 18.6. The molecule has 0 atom stereocenters. The number of rotatable bonds is 5. The minimum Gasteiger partial charge on any atom is -0.457 e. The van der Waals surface area contributed by atoms with E-state index in [0.29, 0.717) is 11.4 Å². The topological polar surface area (TPSA) is 84.4 Å². The highest BCUT2D eigenvalue weighted by Gasteiger charge is 2.30. The number of fused-ring (bicyclic) bond motifs is 1. The zero-order chi connectivity index (χ0) is 23.7. The molecule has 0 bridgehead atoms. The molecule has 1 saturated heterocycles. The first-order valence-corrected chi connectivity index (χ1v) is 11.1. The highest BCUT2D eigenvalue weighted by molar-refractivity contribution is 5.93. The number of piperidine rings is 1. The van der Waals surface area contributed by atoms with Gasteiger partial charge in [0, 0.05) is 29.9 Å². The first-order chi connectivity index (χ1) is 16.5. The third-order valence-electron chi connectivity index (χ3n) is 6.10. The van der Waals surface area contributed by atoms with Crippen molar-refractivity contribution >= 4 is 28.4 Å². The molecule has 1 fully saturated rings. The van der Waals surface area contributed by atoms with Crippen LogP contribution in [-0.2, 0) is 4.79 Å². The van der Waals surface area contributed by atoms with Crippen molar-refractivity contribution in [1.29, 1.82) is 0 Å². The van der Waals surface area contributed by atoms with E-state index in [1.54, 1.807) is 30.6 Å². The van der Waals surface area contributed by atoms with E-state index in [1.807, 2.05) is 13.1 Å². The SMILES string of the molecule is Cc1c[nH]c2nc[nH+]c(N3CCC(C(=O)Nc4cccc(Oc5ccc(F)c(F)c5)c4)CC3)c12. The molecule has 0 unspecified atom stereocenters. The Hall–Kier alpha value is -4.01. The van der Waals surface area contributed by atoms with E-state index >= 15 is 0 Å². The van der Waals surface area contributed by atoms with Gasteiger partial charge in [-0.3, -0.25) is 9.69 Å². The van der Waals surface area contributed by atoms with Crippen molar-refractivity contribution in [2.24, 2.45) is 5.92 Å². The van der Waals surface area contributed by atoms with Gasteiger partial charge in [-0.2, -0.15) is 0 Å². The lowest BCUT2D eigenvalue weighted by atomic mass is 9.95. The number of benzene rings is 2. The van der Waals surface area contributed by atoms with Crippen LogP contribution >= 0.6 is 0 Å². The van der Waals surface area contributed by atoms with Gasteiger partial charge < -0.3 is 15.0 Å². The molecule has 7 nitrogen and oxygen atoms in total. The summed E-state index contributed by atoms with van der Waals surface area (Å²) >= 11 is 0. The number of anilines is 2. The van der Waals surface area contributed by atoms with Crippen molar-refractivity contribution in [3.63, 3.8) is 0 Å². The second-order valence-corrected chi connectivity index (χ2v) is 8.40. The van der Waals surface area contributed by atoms with E-state index < -0.39 is 11.6 Å². The molecule has 174 valence electrons. The third kappa shape index (κ3) is 4.41. The quantitative estimate of drug-likeness (QED) is 0.452. The van der Waals surface area contributed by atoms with Gasteiger partial charge in [0.1, 0.15) is 16.9 Å². The second-order valence-electron chi connectivity index (χ2n) is 8.40. The summed E-state index contributed by atoms with van der Waals surface area (Å²) in [5.74, 6) is -0.473. The maximum atomic E-state index is 13.4. The number of carbonyl (C=O) groups is 1. The van der Waals surface area contributed by atoms with E-state index in [9.17, 15) is 13.6 Å². The maximum Gasteiger partial charge on any atom is 0.234 e. The average Bonchev–Trinajstić information content (AvgIpc) is 3.23. The number of nitrogens with zero attached hydrogens (tertiary/aromatic N) is 2. The highest BCUT2D eigenvalue weighted by Crippen LogP contribution is 2.29. The Morgan fingerprint density at radius 3 is 2.74 bits per heavy atom. The molecular formula is C25H24F2N5O2+. The van der Waals surface area contributed by atoms with Crippen molar-refractivity contribution in [2.45, 2.75) is 19.8 Å². The number of H-pyrrole nitrogens is 2.